The van der Waals surface area contributed by atoms with Crippen molar-refractivity contribution in [3.63, 3.8) is 0 Å². The lowest BCUT2D eigenvalue weighted by Gasteiger charge is -2.19. The van der Waals surface area contributed by atoms with Gasteiger partial charge in [0.25, 0.3) is 11.8 Å². The molecule has 1 aromatic heterocycles. The van der Waals surface area contributed by atoms with Crippen molar-refractivity contribution in [2.45, 2.75) is 13.1 Å². The van der Waals surface area contributed by atoms with E-state index in [9.17, 15) is 14.4 Å². The zero-order valence-electron chi connectivity index (χ0n) is 17.5. The van der Waals surface area contributed by atoms with Gasteiger partial charge in [-0.05, 0) is 11.1 Å². The van der Waals surface area contributed by atoms with E-state index in [0.717, 1.165) is 11.1 Å². The zero-order chi connectivity index (χ0) is 22.2. The largest absolute Gasteiger partial charge is 0.348 e. The molecule has 158 valence electrons. The number of carbonyl (C=O) groups excluding carboxylic acids is 2. The molecule has 0 saturated carbocycles. The first kappa shape index (κ1) is 21.8. The first-order valence-electron chi connectivity index (χ1n) is 9.96. The van der Waals surface area contributed by atoms with E-state index in [-0.39, 0.29) is 17.7 Å². The molecule has 31 heavy (non-hydrogen) atoms. The van der Waals surface area contributed by atoms with Crippen LogP contribution < -0.4 is 10.7 Å². The number of amides is 2. The van der Waals surface area contributed by atoms with Crippen LogP contribution >= 0.6 is 0 Å². The van der Waals surface area contributed by atoms with E-state index in [2.05, 4.69) is 11.9 Å². The number of aromatic nitrogens is 1. The number of hydrogen-bond acceptors (Lipinski definition) is 3. The Balaban J connectivity index is 1.97. The van der Waals surface area contributed by atoms with Gasteiger partial charge in [0, 0.05) is 39.1 Å². The van der Waals surface area contributed by atoms with Crippen molar-refractivity contribution in [2.75, 3.05) is 13.6 Å². The van der Waals surface area contributed by atoms with Gasteiger partial charge in [0.2, 0.25) is 5.43 Å². The summed E-state index contributed by atoms with van der Waals surface area (Å²) in [5.41, 5.74) is 1.23. The van der Waals surface area contributed by atoms with Crippen molar-refractivity contribution in [3.05, 3.63) is 118 Å². The van der Waals surface area contributed by atoms with Crippen LogP contribution in [-0.4, -0.2) is 34.9 Å². The van der Waals surface area contributed by atoms with Crippen molar-refractivity contribution in [2.24, 2.45) is 0 Å². The molecule has 0 atom stereocenters. The molecular weight excluding hydrogens is 390 g/mol. The number of benzene rings is 2. The van der Waals surface area contributed by atoms with Crippen LogP contribution in [0.5, 0.6) is 0 Å². The van der Waals surface area contributed by atoms with E-state index in [1.165, 1.54) is 23.4 Å². The lowest BCUT2D eigenvalue weighted by molar-refractivity contribution is 0.0783. The molecule has 1 N–H and O–H groups in total. The molecular formula is C25H25N3O3. The third-order valence-electron chi connectivity index (χ3n) is 4.78. The Morgan fingerprint density at radius 2 is 1.55 bits per heavy atom. The van der Waals surface area contributed by atoms with Crippen LogP contribution in [0.15, 0.2) is 90.5 Å². The van der Waals surface area contributed by atoms with Gasteiger partial charge in [-0.25, -0.2) is 0 Å². The van der Waals surface area contributed by atoms with Crippen LogP contribution in [0.4, 0.5) is 0 Å². The summed E-state index contributed by atoms with van der Waals surface area (Å²) in [5, 5.41) is 2.62. The summed E-state index contributed by atoms with van der Waals surface area (Å²) in [6.45, 7) is 4.57. The van der Waals surface area contributed by atoms with E-state index in [4.69, 9.17) is 0 Å². The van der Waals surface area contributed by atoms with Gasteiger partial charge in [-0.15, -0.1) is 6.58 Å². The molecule has 0 aliphatic carbocycles. The molecule has 0 saturated heterocycles. The molecule has 0 bridgehead atoms. The van der Waals surface area contributed by atoms with Crippen molar-refractivity contribution in [1.82, 2.24) is 14.8 Å². The normalized spacial score (nSPS) is 10.4. The highest BCUT2D eigenvalue weighted by molar-refractivity contribution is 5.99. The summed E-state index contributed by atoms with van der Waals surface area (Å²) in [6.07, 6.45) is 4.54. The van der Waals surface area contributed by atoms with E-state index in [1.807, 2.05) is 60.7 Å². The highest BCUT2D eigenvalue weighted by Gasteiger charge is 2.21. The number of nitrogens with one attached hydrogen (secondary N) is 1. The maximum Gasteiger partial charge on any atom is 0.259 e. The summed E-state index contributed by atoms with van der Waals surface area (Å²) in [4.78, 5) is 40.2. The highest BCUT2D eigenvalue weighted by atomic mass is 16.2. The van der Waals surface area contributed by atoms with Crippen molar-refractivity contribution >= 4 is 11.8 Å². The standard InChI is InChI=1S/C25H25N3O3/c1-3-14-26-24(30)21-17-28(16-20-12-8-5-9-13-20)18-22(23(21)29)25(31)27(2)15-19-10-6-4-7-11-19/h3-13,17-18H,1,14-16H2,2H3,(H,26,30). The smallest absolute Gasteiger partial charge is 0.259 e. The molecule has 0 aliphatic rings. The third kappa shape index (κ3) is 5.57. The predicted molar refractivity (Wildman–Crippen MR) is 121 cm³/mol. The molecule has 3 aromatic rings. The molecule has 0 unspecified atom stereocenters. The SMILES string of the molecule is C=CCNC(=O)c1cn(Cc2ccccc2)cc(C(=O)N(C)Cc2ccccc2)c1=O. The number of carbonyl (C=O) groups is 2. The second kappa shape index (κ2) is 10.2. The van der Waals surface area contributed by atoms with Gasteiger partial charge < -0.3 is 14.8 Å². The Morgan fingerprint density at radius 1 is 0.968 bits per heavy atom. The first-order valence-corrected chi connectivity index (χ1v) is 9.96. The van der Waals surface area contributed by atoms with Gasteiger partial charge in [-0.2, -0.15) is 0 Å². The Morgan fingerprint density at radius 3 is 2.16 bits per heavy atom. The fourth-order valence-electron chi connectivity index (χ4n) is 3.23. The van der Waals surface area contributed by atoms with Crippen LogP contribution in [0, 0.1) is 0 Å². The minimum Gasteiger partial charge on any atom is -0.348 e. The summed E-state index contributed by atoms with van der Waals surface area (Å²) in [7, 11) is 1.64. The number of nitrogens with zero attached hydrogens (tertiary/aromatic N) is 2. The molecule has 1 heterocycles. The van der Waals surface area contributed by atoms with Gasteiger partial charge in [-0.1, -0.05) is 66.7 Å². The molecule has 2 aromatic carbocycles. The van der Waals surface area contributed by atoms with Crippen LogP contribution in [0.1, 0.15) is 31.8 Å². The molecule has 0 radical (unpaired) electrons. The second-order valence-corrected chi connectivity index (χ2v) is 7.22. The van der Waals surface area contributed by atoms with Crippen molar-refractivity contribution < 1.29 is 9.59 Å². The summed E-state index contributed by atoms with van der Waals surface area (Å²) >= 11 is 0. The fourth-order valence-corrected chi connectivity index (χ4v) is 3.23. The number of rotatable bonds is 8. The van der Waals surface area contributed by atoms with Crippen LogP contribution in [-0.2, 0) is 13.1 Å². The Kier molecular flexibility index (Phi) is 7.17. The summed E-state index contributed by atoms with van der Waals surface area (Å²) < 4.78 is 1.70. The molecule has 0 fully saturated rings. The van der Waals surface area contributed by atoms with Gasteiger partial charge >= 0.3 is 0 Å². The Labute approximate surface area is 181 Å². The van der Waals surface area contributed by atoms with Crippen molar-refractivity contribution in [3.8, 4) is 0 Å². The number of pyridine rings is 1. The average Bonchev–Trinajstić information content (AvgIpc) is 2.79. The maximum absolute atomic E-state index is 13.1. The van der Waals surface area contributed by atoms with Crippen molar-refractivity contribution in [1.29, 1.82) is 0 Å². The fraction of sp³-hybridized carbons (Fsp3) is 0.160. The Hall–Kier alpha value is -3.93. The molecule has 0 spiro atoms. The van der Waals surface area contributed by atoms with Crippen LogP contribution in [0.2, 0.25) is 0 Å². The van der Waals surface area contributed by atoms with Gasteiger partial charge in [0.05, 0.1) is 0 Å². The van der Waals surface area contributed by atoms with Gasteiger partial charge in [0.15, 0.2) is 0 Å². The van der Waals surface area contributed by atoms with Gasteiger partial charge in [-0.3, -0.25) is 14.4 Å². The average molecular weight is 415 g/mol. The quantitative estimate of drug-likeness (QED) is 0.575. The molecule has 2 amide bonds. The zero-order valence-corrected chi connectivity index (χ0v) is 17.5. The van der Waals surface area contributed by atoms with E-state index >= 15 is 0 Å². The minimum absolute atomic E-state index is 0.0411. The summed E-state index contributed by atoms with van der Waals surface area (Å²) in [5.74, 6) is -0.971. The van der Waals surface area contributed by atoms with Crippen LogP contribution in [0.3, 0.4) is 0 Å². The van der Waals surface area contributed by atoms with E-state index < -0.39 is 17.2 Å². The minimum atomic E-state index is -0.587. The van der Waals surface area contributed by atoms with Crippen LogP contribution in [0.25, 0.3) is 0 Å². The van der Waals surface area contributed by atoms with E-state index in [1.54, 1.807) is 11.6 Å². The maximum atomic E-state index is 13.1. The Bertz CT molecular complexity index is 1120. The first-order chi connectivity index (χ1) is 15.0. The highest BCUT2D eigenvalue weighted by Crippen LogP contribution is 2.09. The molecule has 3 rings (SSSR count). The second-order valence-electron chi connectivity index (χ2n) is 7.22. The van der Waals surface area contributed by atoms with Gasteiger partial charge in [0.1, 0.15) is 11.1 Å². The third-order valence-corrected chi connectivity index (χ3v) is 4.78. The predicted octanol–water partition coefficient (Wildman–Crippen LogP) is 3.08. The topological polar surface area (TPSA) is 71.4 Å². The lowest BCUT2D eigenvalue weighted by Crippen LogP contribution is -2.36. The number of hydrogen-bond donors (Lipinski definition) is 1. The summed E-state index contributed by atoms with van der Waals surface area (Å²) in [6, 6.07) is 19.1. The molecule has 6 heteroatoms. The van der Waals surface area contributed by atoms with E-state index in [0.29, 0.717) is 13.1 Å². The lowest BCUT2D eigenvalue weighted by atomic mass is 10.1. The molecule has 6 nitrogen and oxygen atoms in total. The monoisotopic (exact) mass is 415 g/mol. The molecule has 0 aliphatic heterocycles.